The molecular weight excluding hydrogens is 300 g/mol. The van der Waals surface area contributed by atoms with E-state index < -0.39 is 5.97 Å². The van der Waals surface area contributed by atoms with E-state index in [9.17, 15) is 10.0 Å². The van der Waals surface area contributed by atoms with Gasteiger partial charge in [0.15, 0.2) is 5.82 Å². The zero-order chi connectivity index (χ0) is 15.4. The Balaban J connectivity index is 2.26. The molecule has 0 radical (unpaired) electrons. The summed E-state index contributed by atoms with van der Waals surface area (Å²) in [7, 11) is 1.37. The smallest absolute Gasteiger partial charge is 0.313 e. The van der Waals surface area contributed by atoms with Gasteiger partial charge in [0, 0.05) is 5.56 Å². The number of thioether (sulfide) groups is 1. The molecule has 1 heterocycles. The number of rotatable bonds is 6. The number of aromatic amines is 1. The Morgan fingerprint density at radius 3 is 2.95 bits per heavy atom. The Kier molecular flexibility index (Phi) is 4.62. The van der Waals surface area contributed by atoms with E-state index in [1.165, 1.54) is 19.2 Å². The average molecular weight is 311 g/mol. The Labute approximate surface area is 123 Å². The van der Waals surface area contributed by atoms with Crippen LogP contribution in [-0.2, 0) is 4.79 Å². The monoisotopic (exact) mass is 311 g/mol. The number of hydrogen-bond donors (Lipinski definition) is 3. The standard InChI is InChI=1S/C11H11N4O5S/c1-20-8-3-2-6(4-7(8)15(18)19)10-12-11(14-13-10)21-5-9(16)17/h2-4,18H,5H2,1H3,(H,16,17)(H,12,13,14)/q-1. The van der Waals surface area contributed by atoms with Crippen molar-refractivity contribution in [3.05, 3.63) is 23.4 Å². The number of benzene rings is 1. The molecule has 1 aromatic carbocycles. The van der Waals surface area contributed by atoms with Crippen LogP contribution in [0.25, 0.3) is 11.4 Å². The summed E-state index contributed by atoms with van der Waals surface area (Å²) in [5.41, 5.74) is 0.418. The van der Waals surface area contributed by atoms with Crippen molar-refractivity contribution in [3.8, 4) is 17.1 Å². The molecular formula is C11H11N4O5S-. The first-order valence-corrected chi connectivity index (χ1v) is 6.61. The summed E-state index contributed by atoms with van der Waals surface area (Å²) < 4.78 is 4.95. The molecule has 0 saturated heterocycles. The highest BCUT2D eigenvalue weighted by atomic mass is 32.2. The van der Waals surface area contributed by atoms with Gasteiger partial charge in [-0.05, 0) is 18.2 Å². The predicted octanol–water partition coefficient (Wildman–Crippen LogP) is 1.35. The fourth-order valence-corrected chi connectivity index (χ4v) is 2.07. The van der Waals surface area contributed by atoms with Crippen molar-refractivity contribution in [2.75, 3.05) is 18.1 Å². The van der Waals surface area contributed by atoms with Crippen LogP contribution in [0.3, 0.4) is 0 Å². The van der Waals surface area contributed by atoms with Gasteiger partial charge in [0.05, 0.1) is 18.6 Å². The molecule has 0 aliphatic carbocycles. The molecule has 2 aromatic rings. The van der Waals surface area contributed by atoms with Gasteiger partial charge in [0.2, 0.25) is 5.16 Å². The van der Waals surface area contributed by atoms with Gasteiger partial charge in [-0.3, -0.25) is 15.1 Å². The third-order valence-corrected chi connectivity index (χ3v) is 3.28. The normalized spacial score (nSPS) is 10.4. The second-order valence-electron chi connectivity index (χ2n) is 3.81. The number of nitrogens with zero attached hydrogens (tertiary/aromatic N) is 3. The first-order chi connectivity index (χ1) is 10.0. The average Bonchev–Trinajstić information content (AvgIpc) is 2.93. The minimum absolute atomic E-state index is 0.0776. The minimum Gasteiger partial charge on any atom is -0.733 e. The van der Waals surface area contributed by atoms with Crippen LogP contribution < -0.4 is 9.96 Å². The molecule has 2 rings (SSSR count). The van der Waals surface area contributed by atoms with Crippen molar-refractivity contribution in [2.45, 2.75) is 5.16 Å². The molecule has 3 N–H and O–H groups in total. The molecule has 0 bridgehead atoms. The Hall–Kier alpha value is -2.30. The van der Waals surface area contributed by atoms with Crippen molar-refractivity contribution in [1.82, 2.24) is 15.2 Å². The number of ether oxygens (including phenoxy) is 1. The number of methoxy groups -OCH3 is 1. The van der Waals surface area contributed by atoms with E-state index in [4.69, 9.17) is 15.1 Å². The fourth-order valence-electron chi connectivity index (χ4n) is 1.55. The Morgan fingerprint density at radius 1 is 1.57 bits per heavy atom. The zero-order valence-corrected chi connectivity index (χ0v) is 11.6. The summed E-state index contributed by atoms with van der Waals surface area (Å²) >= 11 is 0.963. The lowest BCUT2D eigenvalue weighted by Crippen LogP contribution is -2.08. The summed E-state index contributed by atoms with van der Waals surface area (Å²) in [6, 6.07) is 4.49. The van der Waals surface area contributed by atoms with Gasteiger partial charge >= 0.3 is 5.97 Å². The van der Waals surface area contributed by atoms with E-state index in [0.717, 1.165) is 11.8 Å². The molecule has 10 heteroatoms. The molecule has 0 aliphatic rings. The van der Waals surface area contributed by atoms with E-state index in [-0.39, 0.29) is 27.6 Å². The molecule has 0 atom stereocenters. The lowest BCUT2D eigenvalue weighted by Gasteiger charge is -2.24. The fraction of sp³-hybridized carbons (Fsp3) is 0.182. The number of aromatic nitrogens is 3. The van der Waals surface area contributed by atoms with E-state index >= 15 is 0 Å². The first-order valence-electron chi connectivity index (χ1n) is 5.63. The van der Waals surface area contributed by atoms with Gasteiger partial charge in [0.25, 0.3) is 0 Å². The predicted molar refractivity (Wildman–Crippen MR) is 74.4 cm³/mol. The molecule has 0 amide bonds. The maximum Gasteiger partial charge on any atom is 0.313 e. The number of hydrogen-bond acceptors (Lipinski definition) is 8. The van der Waals surface area contributed by atoms with Crippen molar-refractivity contribution in [1.29, 1.82) is 0 Å². The number of aliphatic carboxylic acids is 1. The number of nitrogens with one attached hydrogen (secondary N) is 1. The maximum atomic E-state index is 11.1. The van der Waals surface area contributed by atoms with Gasteiger partial charge in [-0.1, -0.05) is 11.8 Å². The largest absolute Gasteiger partial charge is 0.733 e. The SMILES string of the molecule is COc1ccc(-c2nc(SCC(=O)O)n[nH]2)cc1N([O-])O. The topological polar surface area (TPSA) is 135 Å². The minimum atomic E-state index is -0.972. The Bertz CT molecular complexity index is 645. The van der Waals surface area contributed by atoms with Crippen LogP contribution in [0.5, 0.6) is 5.75 Å². The van der Waals surface area contributed by atoms with Crippen LogP contribution in [0.1, 0.15) is 0 Å². The number of H-pyrrole nitrogens is 1. The molecule has 9 nitrogen and oxygen atoms in total. The lowest BCUT2D eigenvalue weighted by atomic mass is 10.2. The van der Waals surface area contributed by atoms with Gasteiger partial charge in [-0.15, -0.1) is 5.10 Å². The highest BCUT2D eigenvalue weighted by Crippen LogP contribution is 2.31. The number of carboxylic acid groups (broad SMARTS) is 1. The van der Waals surface area contributed by atoms with Crippen LogP contribution in [0, 0.1) is 5.21 Å². The maximum absolute atomic E-state index is 11.1. The number of anilines is 1. The van der Waals surface area contributed by atoms with Crippen LogP contribution in [0.4, 0.5) is 5.69 Å². The van der Waals surface area contributed by atoms with Crippen LogP contribution in [-0.4, -0.2) is 44.3 Å². The van der Waals surface area contributed by atoms with Crippen LogP contribution in [0.15, 0.2) is 23.4 Å². The van der Waals surface area contributed by atoms with E-state index in [1.807, 2.05) is 0 Å². The quantitative estimate of drug-likeness (QED) is 0.533. The third-order valence-electron chi connectivity index (χ3n) is 2.45. The number of carbonyl (C=O) groups is 1. The van der Waals surface area contributed by atoms with Crippen molar-refractivity contribution in [3.63, 3.8) is 0 Å². The van der Waals surface area contributed by atoms with Gasteiger partial charge in [-0.25, -0.2) is 4.98 Å². The molecule has 112 valence electrons. The molecule has 0 spiro atoms. The summed E-state index contributed by atoms with van der Waals surface area (Å²) in [4.78, 5) is 14.6. The third kappa shape index (κ3) is 3.62. The van der Waals surface area contributed by atoms with Crippen molar-refractivity contribution in [2.24, 2.45) is 0 Å². The van der Waals surface area contributed by atoms with Crippen LogP contribution in [0.2, 0.25) is 0 Å². The summed E-state index contributed by atoms with van der Waals surface area (Å²) in [5.74, 6) is -0.582. The summed E-state index contributed by atoms with van der Waals surface area (Å²) in [6.45, 7) is 0. The highest BCUT2D eigenvalue weighted by molar-refractivity contribution is 7.99. The van der Waals surface area contributed by atoms with E-state index in [0.29, 0.717) is 11.4 Å². The summed E-state index contributed by atoms with van der Waals surface area (Å²) in [6.07, 6.45) is 0. The second-order valence-corrected chi connectivity index (χ2v) is 4.75. The van der Waals surface area contributed by atoms with E-state index in [2.05, 4.69) is 15.2 Å². The molecule has 0 saturated carbocycles. The Morgan fingerprint density at radius 2 is 2.33 bits per heavy atom. The molecule has 0 aliphatic heterocycles. The van der Waals surface area contributed by atoms with Crippen molar-refractivity contribution >= 4 is 23.4 Å². The molecule has 21 heavy (non-hydrogen) atoms. The van der Waals surface area contributed by atoms with E-state index in [1.54, 1.807) is 6.07 Å². The van der Waals surface area contributed by atoms with Gasteiger partial charge in [0.1, 0.15) is 5.75 Å². The number of carboxylic acids is 1. The van der Waals surface area contributed by atoms with Crippen LogP contribution >= 0.6 is 11.8 Å². The lowest BCUT2D eigenvalue weighted by molar-refractivity contribution is -0.133. The second kappa shape index (κ2) is 6.43. The first kappa shape index (κ1) is 15.1. The van der Waals surface area contributed by atoms with Gasteiger partial charge < -0.3 is 20.3 Å². The highest BCUT2D eigenvalue weighted by Gasteiger charge is 2.11. The molecule has 0 fully saturated rings. The molecule has 0 unspecified atom stereocenters. The zero-order valence-electron chi connectivity index (χ0n) is 10.8. The van der Waals surface area contributed by atoms with Crippen molar-refractivity contribution < 1.29 is 19.8 Å². The molecule has 1 aromatic heterocycles. The van der Waals surface area contributed by atoms with Gasteiger partial charge in [-0.2, -0.15) is 0 Å². The summed E-state index contributed by atoms with van der Waals surface area (Å²) in [5, 5.41) is 35.1.